The van der Waals surface area contributed by atoms with Crippen LogP contribution in [0.1, 0.15) is 0 Å². The molecule has 0 aliphatic heterocycles. The smallest absolute Gasteiger partial charge is 0.253 e. The molecular weight excluding hydrogens is 248 g/mol. The van der Waals surface area contributed by atoms with E-state index in [1.165, 1.54) is 0 Å². The summed E-state index contributed by atoms with van der Waals surface area (Å²) < 4.78 is 14.3. The standard InChI is InChI=1S/C12H12N4OS/c13-14-18(17)15-16(11-7-3-1-4-8-11)12-9-5-2-6-10-12/h1-10,13,15H. The Bertz CT molecular complexity index is 493. The van der Waals surface area contributed by atoms with E-state index >= 15 is 0 Å². The van der Waals surface area contributed by atoms with Crippen LogP contribution in [0.15, 0.2) is 65.2 Å². The molecule has 0 saturated carbocycles. The van der Waals surface area contributed by atoms with Crippen LogP contribution in [-0.2, 0) is 11.2 Å². The Morgan fingerprint density at radius 2 is 1.39 bits per heavy atom. The lowest BCUT2D eigenvalue weighted by Crippen LogP contribution is -2.34. The van der Waals surface area contributed by atoms with Gasteiger partial charge in [0.1, 0.15) is 0 Å². The molecule has 1 atom stereocenters. The molecule has 0 aliphatic carbocycles. The summed E-state index contributed by atoms with van der Waals surface area (Å²) in [5.41, 5.74) is 8.40. The maximum Gasteiger partial charge on any atom is 0.253 e. The first-order chi connectivity index (χ1) is 8.81. The zero-order chi connectivity index (χ0) is 12.8. The molecule has 0 saturated heterocycles. The molecule has 2 aromatic rings. The quantitative estimate of drug-likeness (QED) is 0.641. The largest absolute Gasteiger partial charge is 0.264 e. The lowest BCUT2D eigenvalue weighted by molar-refractivity contribution is 0.671. The number of hydrazine groups is 1. The van der Waals surface area contributed by atoms with Gasteiger partial charge in [-0.15, -0.1) is 4.83 Å². The Morgan fingerprint density at radius 3 is 1.78 bits per heavy atom. The molecule has 92 valence electrons. The maximum atomic E-state index is 11.4. The molecule has 0 aromatic heterocycles. The summed E-state index contributed by atoms with van der Waals surface area (Å²) in [5.74, 6) is 0. The normalized spacial score (nSPS) is 11.8. The summed E-state index contributed by atoms with van der Waals surface area (Å²) in [7, 11) is 0. The molecule has 2 rings (SSSR count). The highest BCUT2D eigenvalue weighted by Crippen LogP contribution is 2.22. The Morgan fingerprint density at radius 1 is 0.944 bits per heavy atom. The Kier molecular flexibility index (Phi) is 4.16. The first-order valence-electron chi connectivity index (χ1n) is 5.27. The summed E-state index contributed by atoms with van der Waals surface area (Å²) in [6.45, 7) is 0. The fraction of sp³-hybridized carbons (Fsp3) is 0. The van der Waals surface area contributed by atoms with Crippen LogP contribution >= 0.6 is 0 Å². The van der Waals surface area contributed by atoms with Crippen LogP contribution in [0.3, 0.4) is 0 Å². The minimum Gasteiger partial charge on any atom is -0.264 e. The van der Waals surface area contributed by atoms with E-state index in [2.05, 4.69) is 9.35 Å². The molecular formula is C12H12N4OS. The number of hydrogen-bond donors (Lipinski definition) is 2. The summed E-state index contributed by atoms with van der Waals surface area (Å²) in [5, 5.41) is 1.63. The maximum absolute atomic E-state index is 11.4. The molecule has 6 heteroatoms. The van der Waals surface area contributed by atoms with Crippen molar-refractivity contribution < 1.29 is 4.21 Å². The van der Waals surface area contributed by atoms with Crippen LogP contribution in [0.5, 0.6) is 0 Å². The Labute approximate surface area is 108 Å². The van der Waals surface area contributed by atoms with Crippen molar-refractivity contribution in [1.29, 1.82) is 5.53 Å². The van der Waals surface area contributed by atoms with Crippen LogP contribution in [0.4, 0.5) is 11.4 Å². The van der Waals surface area contributed by atoms with Gasteiger partial charge in [0.15, 0.2) is 0 Å². The van der Waals surface area contributed by atoms with E-state index in [1.54, 1.807) is 5.01 Å². The molecule has 0 fully saturated rings. The van der Waals surface area contributed by atoms with Crippen molar-refractivity contribution in [3.8, 4) is 0 Å². The van der Waals surface area contributed by atoms with E-state index in [0.29, 0.717) is 0 Å². The lowest BCUT2D eigenvalue weighted by atomic mass is 10.2. The van der Waals surface area contributed by atoms with E-state index < -0.39 is 11.2 Å². The van der Waals surface area contributed by atoms with Gasteiger partial charge in [0.05, 0.1) is 11.4 Å². The van der Waals surface area contributed by atoms with Crippen LogP contribution < -0.4 is 9.84 Å². The van der Waals surface area contributed by atoms with Crippen LogP contribution in [0, 0.1) is 5.53 Å². The molecule has 2 N–H and O–H groups in total. The van der Waals surface area contributed by atoms with Gasteiger partial charge in [0.25, 0.3) is 11.2 Å². The van der Waals surface area contributed by atoms with Crippen molar-refractivity contribution in [2.45, 2.75) is 0 Å². The number of nitrogens with zero attached hydrogens (tertiary/aromatic N) is 2. The predicted molar refractivity (Wildman–Crippen MR) is 71.4 cm³/mol. The second kappa shape index (κ2) is 6.04. The lowest BCUT2D eigenvalue weighted by Gasteiger charge is -2.23. The third-order valence-corrected chi connectivity index (χ3v) is 2.79. The molecule has 5 nitrogen and oxygen atoms in total. The second-order valence-corrected chi connectivity index (χ2v) is 4.30. The molecule has 1 unspecified atom stereocenters. The molecule has 0 bridgehead atoms. The number of rotatable bonds is 5. The highest BCUT2D eigenvalue weighted by atomic mass is 32.2. The highest BCUT2D eigenvalue weighted by Gasteiger charge is 2.10. The van der Waals surface area contributed by atoms with E-state index in [1.807, 2.05) is 60.7 Å². The van der Waals surface area contributed by atoms with E-state index in [4.69, 9.17) is 5.53 Å². The van der Waals surface area contributed by atoms with E-state index in [9.17, 15) is 4.21 Å². The predicted octanol–water partition coefficient (Wildman–Crippen LogP) is 2.94. The fourth-order valence-corrected chi connectivity index (χ4v) is 1.91. The fourth-order valence-electron chi connectivity index (χ4n) is 1.51. The zero-order valence-corrected chi connectivity index (χ0v) is 10.3. The summed E-state index contributed by atoms with van der Waals surface area (Å²) >= 11 is -1.79. The average Bonchev–Trinajstić information content (AvgIpc) is 2.46. The van der Waals surface area contributed by atoms with Gasteiger partial charge < -0.3 is 0 Å². The number of nitrogens with one attached hydrogen (secondary N) is 2. The topological polar surface area (TPSA) is 68.5 Å². The summed E-state index contributed by atoms with van der Waals surface area (Å²) in [4.78, 5) is 2.65. The molecule has 0 amide bonds. The summed E-state index contributed by atoms with van der Waals surface area (Å²) in [6.07, 6.45) is 0. The van der Waals surface area contributed by atoms with Gasteiger partial charge in [-0.3, -0.25) is 5.01 Å². The minimum absolute atomic E-state index is 0.820. The van der Waals surface area contributed by atoms with Crippen molar-refractivity contribution in [3.05, 3.63) is 60.7 Å². The first-order valence-corrected chi connectivity index (χ1v) is 6.38. The van der Waals surface area contributed by atoms with Crippen molar-refractivity contribution in [3.63, 3.8) is 0 Å². The molecule has 0 heterocycles. The van der Waals surface area contributed by atoms with Crippen molar-refractivity contribution >= 4 is 22.5 Å². The average molecular weight is 260 g/mol. The van der Waals surface area contributed by atoms with Gasteiger partial charge in [-0.05, 0) is 24.3 Å². The minimum atomic E-state index is -1.79. The molecule has 2 aromatic carbocycles. The van der Waals surface area contributed by atoms with Gasteiger partial charge in [-0.2, -0.15) is 5.53 Å². The van der Waals surface area contributed by atoms with Crippen LogP contribution in [0.2, 0.25) is 0 Å². The zero-order valence-electron chi connectivity index (χ0n) is 9.48. The third kappa shape index (κ3) is 2.99. The second-order valence-electron chi connectivity index (χ2n) is 3.44. The molecule has 18 heavy (non-hydrogen) atoms. The number of para-hydroxylation sites is 2. The van der Waals surface area contributed by atoms with Gasteiger partial charge in [0.2, 0.25) is 0 Å². The van der Waals surface area contributed by atoms with Crippen molar-refractivity contribution in [1.82, 2.24) is 4.83 Å². The molecule has 0 radical (unpaired) electrons. The SMILES string of the molecule is N=NS(=O)NN(c1ccccc1)c1ccccc1. The number of benzene rings is 2. The van der Waals surface area contributed by atoms with Gasteiger partial charge in [-0.1, -0.05) is 40.9 Å². The van der Waals surface area contributed by atoms with Gasteiger partial charge in [-0.25, -0.2) is 4.21 Å². The monoisotopic (exact) mass is 260 g/mol. The molecule has 0 spiro atoms. The van der Waals surface area contributed by atoms with Crippen molar-refractivity contribution in [2.75, 3.05) is 5.01 Å². The van der Waals surface area contributed by atoms with E-state index in [-0.39, 0.29) is 0 Å². The Hall–Kier alpha value is -2.05. The summed E-state index contributed by atoms with van der Waals surface area (Å²) in [6, 6.07) is 18.8. The van der Waals surface area contributed by atoms with Crippen molar-refractivity contribution in [2.24, 2.45) is 4.52 Å². The highest BCUT2D eigenvalue weighted by molar-refractivity contribution is 7.81. The Balaban J connectivity index is 2.35. The van der Waals surface area contributed by atoms with Crippen LogP contribution in [-0.4, -0.2) is 4.21 Å². The third-order valence-electron chi connectivity index (χ3n) is 2.28. The van der Waals surface area contributed by atoms with Crippen LogP contribution in [0.25, 0.3) is 0 Å². The van der Waals surface area contributed by atoms with Gasteiger partial charge in [0, 0.05) is 0 Å². The first kappa shape index (κ1) is 12.4. The molecule has 0 aliphatic rings. The van der Waals surface area contributed by atoms with Gasteiger partial charge >= 0.3 is 0 Å². The number of hydrogen-bond acceptors (Lipinski definition) is 3. The van der Waals surface area contributed by atoms with E-state index in [0.717, 1.165) is 11.4 Å². The number of anilines is 2.